The predicted molar refractivity (Wildman–Crippen MR) is 70.0 cm³/mol. The summed E-state index contributed by atoms with van der Waals surface area (Å²) in [5.74, 6) is -1.11. The zero-order chi connectivity index (χ0) is 14.8. The summed E-state index contributed by atoms with van der Waals surface area (Å²) in [6.07, 6.45) is -1.19. The molecule has 0 aliphatic carbocycles. The maximum atomic E-state index is 11.8. The van der Waals surface area contributed by atoms with Crippen LogP contribution >= 0.6 is 0 Å². The van der Waals surface area contributed by atoms with Crippen LogP contribution in [0.15, 0.2) is 0 Å². The number of hydrogen-bond acceptors (Lipinski definition) is 4. The van der Waals surface area contributed by atoms with Gasteiger partial charge >= 0.3 is 12.1 Å². The molecule has 1 aliphatic rings. The van der Waals surface area contributed by atoms with Gasteiger partial charge in [-0.3, -0.25) is 9.80 Å². The molecule has 1 amide bonds. The number of carboxylic acid groups (broad SMARTS) is 2. The molecule has 7 heteroatoms. The van der Waals surface area contributed by atoms with E-state index in [0.29, 0.717) is 19.6 Å². The average Bonchev–Trinajstić information content (AvgIpc) is 2.27. The van der Waals surface area contributed by atoms with Crippen LogP contribution in [0.3, 0.4) is 0 Å². The van der Waals surface area contributed by atoms with Gasteiger partial charge in [0.25, 0.3) is 0 Å². The Morgan fingerprint density at radius 3 is 2.21 bits per heavy atom. The first-order valence-electron chi connectivity index (χ1n) is 6.33. The van der Waals surface area contributed by atoms with Gasteiger partial charge in [-0.2, -0.15) is 0 Å². The van der Waals surface area contributed by atoms with E-state index in [1.807, 2.05) is 4.90 Å². The highest BCUT2D eigenvalue weighted by atomic mass is 16.4. The molecule has 7 nitrogen and oxygen atoms in total. The molecule has 110 valence electrons. The molecule has 0 radical (unpaired) electrons. The maximum absolute atomic E-state index is 11.8. The van der Waals surface area contributed by atoms with Crippen LogP contribution in [0.2, 0.25) is 0 Å². The summed E-state index contributed by atoms with van der Waals surface area (Å²) in [6.45, 7) is 7.10. The van der Waals surface area contributed by atoms with E-state index in [4.69, 9.17) is 5.73 Å². The Hall–Kier alpha value is -1.34. The molecule has 1 saturated heterocycles. The van der Waals surface area contributed by atoms with Crippen LogP contribution in [0.1, 0.15) is 20.8 Å². The van der Waals surface area contributed by atoms with Crippen molar-refractivity contribution >= 4 is 12.1 Å². The van der Waals surface area contributed by atoms with E-state index < -0.39 is 23.0 Å². The Kier molecular flexibility index (Phi) is 4.42. The van der Waals surface area contributed by atoms with Crippen LogP contribution in [0.25, 0.3) is 0 Å². The number of piperazine rings is 1. The molecule has 0 saturated carbocycles. The second-order valence-electron chi connectivity index (χ2n) is 5.91. The van der Waals surface area contributed by atoms with Crippen molar-refractivity contribution in [3.05, 3.63) is 0 Å². The number of nitrogens with two attached hydrogens (primary N) is 1. The smallest absolute Gasteiger partial charge is 0.408 e. The van der Waals surface area contributed by atoms with Crippen LogP contribution in [0, 0.1) is 5.41 Å². The third-order valence-electron chi connectivity index (χ3n) is 3.82. The number of nitrogens with zero attached hydrogens (tertiary/aromatic N) is 2. The lowest BCUT2D eigenvalue weighted by molar-refractivity contribution is -0.165. The Morgan fingerprint density at radius 2 is 1.84 bits per heavy atom. The van der Waals surface area contributed by atoms with Crippen molar-refractivity contribution in [3.63, 3.8) is 0 Å². The third-order valence-corrected chi connectivity index (χ3v) is 3.82. The fourth-order valence-corrected chi connectivity index (χ4v) is 2.70. The number of amides is 1. The largest absolute Gasteiger partial charge is 0.479 e. The van der Waals surface area contributed by atoms with Gasteiger partial charge in [0.2, 0.25) is 0 Å². The number of carbonyl (C=O) groups is 2. The monoisotopic (exact) mass is 273 g/mol. The van der Waals surface area contributed by atoms with Crippen molar-refractivity contribution in [2.24, 2.45) is 11.1 Å². The molecule has 4 N–H and O–H groups in total. The molecule has 1 unspecified atom stereocenters. The van der Waals surface area contributed by atoms with Gasteiger partial charge in [-0.25, -0.2) is 9.59 Å². The number of rotatable bonds is 3. The SMILES string of the molecule is CC(C)(C)C1(C(=O)O)CN(CCN)CCN1C(=O)O. The highest BCUT2D eigenvalue weighted by molar-refractivity contribution is 5.85. The van der Waals surface area contributed by atoms with E-state index in [1.165, 1.54) is 0 Å². The summed E-state index contributed by atoms with van der Waals surface area (Å²) in [7, 11) is 0. The minimum Gasteiger partial charge on any atom is -0.479 e. The van der Waals surface area contributed by atoms with E-state index in [9.17, 15) is 19.8 Å². The van der Waals surface area contributed by atoms with Crippen molar-refractivity contribution in [1.29, 1.82) is 0 Å². The third kappa shape index (κ3) is 2.66. The van der Waals surface area contributed by atoms with Gasteiger partial charge in [-0.05, 0) is 5.41 Å². The zero-order valence-corrected chi connectivity index (χ0v) is 11.7. The van der Waals surface area contributed by atoms with E-state index in [0.717, 1.165) is 4.90 Å². The van der Waals surface area contributed by atoms with Gasteiger partial charge < -0.3 is 15.9 Å². The first-order chi connectivity index (χ1) is 8.66. The molecule has 1 rings (SSSR count). The molecule has 19 heavy (non-hydrogen) atoms. The van der Waals surface area contributed by atoms with Crippen molar-refractivity contribution in [1.82, 2.24) is 9.80 Å². The Bertz CT molecular complexity index is 366. The lowest BCUT2D eigenvalue weighted by Gasteiger charge is -2.53. The molecule has 1 atom stereocenters. The predicted octanol–water partition coefficient (Wildman–Crippen LogP) is 0.110. The lowest BCUT2D eigenvalue weighted by Crippen LogP contribution is -2.72. The second-order valence-corrected chi connectivity index (χ2v) is 5.91. The molecule has 1 aliphatic heterocycles. The summed E-state index contributed by atoms with van der Waals surface area (Å²) in [4.78, 5) is 26.2. The highest BCUT2D eigenvalue weighted by Gasteiger charge is 2.57. The summed E-state index contributed by atoms with van der Waals surface area (Å²) >= 11 is 0. The number of aliphatic carboxylic acids is 1. The van der Waals surface area contributed by atoms with Crippen LogP contribution in [-0.4, -0.2) is 70.3 Å². The molecule has 0 aromatic rings. The van der Waals surface area contributed by atoms with Gasteiger partial charge in [-0.15, -0.1) is 0 Å². The molecule has 0 aromatic heterocycles. The normalized spacial score (nSPS) is 25.4. The topological polar surface area (TPSA) is 107 Å². The highest BCUT2D eigenvalue weighted by Crippen LogP contribution is 2.39. The van der Waals surface area contributed by atoms with Crippen LogP contribution in [-0.2, 0) is 4.79 Å². The van der Waals surface area contributed by atoms with Crippen molar-refractivity contribution in [2.45, 2.75) is 26.3 Å². The molecular formula is C12H23N3O4. The molecule has 0 bridgehead atoms. The van der Waals surface area contributed by atoms with Gasteiger partial charge in [0.15, 0.2) is 5.54 Å². The fraction of sp³-hybridized carbons (Fsp3) is 0.833. The van der Waals surface area contributed by atoms with Gasteiger partial charge in [-0.1, -0.05) is 20.8 Å². The van der Waals surface area contributed by atoms with E-state index in [1.54, 1.807) is 20.8 Å². The lowest BCUT2D eigenvalue weighted by atomic mass is 9.71. The maximum Gasteiger partial charge on any atom is 0.408 e. The van der Waals surface area contributed by atoms with E-state index in [-0.39, 0.29) is 13.1 Å². The van der Waals surface area contributed by atoms with Crippen LogP contribution in [0.4, 0.5) is 4.79 Å². The Morgan fingerprint density at radius 1 is 1.26 bits per heavy atom. The molecule has 1 fully saturated rings. The van der Waals surface area contributed by atoms with Gasteiger partial charge in [0.1, 0.15) is 0 Å². The van der Waals surface area contributed by atoms with Crippen LogP contribution < -0.4 is 5.73 Å². The minimum atomic E-state index is -1.45. The molecule has 0 aromatic carbocycles. The first-order valence-corrected chi connectivity index (χ1v) is 6.33. The van der Waals surface area contributed by atoms with Gasteiger partial charge in [0, 0.05) is 32.7 Å². The number of carboxylic acids is 1. The fourth-order valence-electron chi connectivity index (χ4n) is 2.70. The molecule has 0 spiro atoms. The van der Waals surface area contributed by atoms with Crippen molar-refractivity contribution in [2.75, 3.05) is 32.7 Å². The second kappa shape index (κ2) is 5.34. The summed E-state index contributed by atoms with van der Waals surface area (Å²) in [6, 6.07) is 0. The summed E-state index contributed by atoms with van der Waals surface area (Å²) in [5, 5.41) is 19.0. The van der Waals surface area contributed by atoms with Gasteiger partial charge in [0.05, 0.1) is 0 Å². The van der Waals surface area contributed by atoms with E-state index >= 15 is 0 Å². The summed E-state index contributed by atoms with van der Waals surface area (Å²) in [5.41, 5.74) is 3.34. The standard InChI is InChI=1S/C12H23N3O4/c1-11(2,3)12(9(16)17)8-14(5-4-13)6-7-15(12)10(18)19/h4-8,13H2,1-3H3,(H,16,17)(H,18,19). The van der Waals surface area contributed by atoms with Crippen LogP contribution in [0.5, 0.6) is 0 Å². The quantitative estimate of drug-likeness (QED) is 0.673. The minimum absolute atomic E-state index is 0.162. The Labute approximate surface area is 113 Å². The van der Waals surface area contributed by atoms with Crippen molar-refractivity contribution < 1.29 is 19.8 Å². The summed E-state index contributed by atoms with van der Waals surface area (Å²) < 4.78 is 0. The average molecular weight is 273 g/mol. The zero-order valence-electron chi connectivity index (χ0n) is 11.7. The van der Waals surface area contributed by atoms with E-state index in [2.05, 4.69) is 0 Å². The molecule has 1 heterocycles. The van der Waals surface area contributed by atoms with Crippen molar-refractivity contribution in [3.8, 4) is 0 Å². The Balaban J connectivity index is 3.23. The molecular weight excluding hydrogens is 250 g/mol. The first kappa shape index (κ1) is 15.7. The number of hydrogen-bond donors (Lipinski definition) is 3.